The number of carboxylic acid groups (broad SMARTS) is 4. The van der Waals surface area contributed by atoms with Gasteiger partial charge in [-0.2, -0.15) is 0 Å². The van der Waals surface area contributed by atoms with Crippen LogP contribution in [0.2, 0.25) is 0 Å². The Morgan fingerprint density at radius 1 is 0.667 bits per heavy atom. The highest BCUT2D eigenvalue weighted by Crippen LogP contribution is 2.03. The van der Waals surface area contributed by atoms with Gasteiger partial charge in [-0.25, -0.2) is 19.2 Å². The molecule has 0 aromatic heterocycles. The molecular weight excluding hydrogens is 320 g/mol. The number of rotatable bonds is 4. The molecule has 0 aliphatic rings. The highest BCUT2D eigenvalue weighted by Gasteiger charge is 2.04. The predicted molar refractivity (Wildman–Crippen MR) is 85.3 cm³/mol. The lowest BCUT2D eigenvalue weighted by atomic mass is 10.1. The molecule has 0 saturated heterocycles. The molecule has 0 amide bonds. The normalized spacial score (nSPS) is 8.42. The van der Waals surface area contributed by atoms with E-state index in [1.54, 1.807) is 0 Å². The van der Waals surface area contributed by atoms with E-state index in [0.29, 0.717) is 0 Å². The van der Waals surface area contributed by atoms with Crippen molar-refractivity contribution in [1.82, 2.24) is 0 Å². The summed E-state index contributed by atoms with van der Waals surface area (Å²) in [5.74, 6) is -4.00. The van der Waals surface area contributed by atoms with Crippen LogP contribution in [0.15, 0.2) is 48.6 Å². The zero-order valence-corrected chi connectivity index (χ0v) is 13.1. The lowest BCUT2D eigenvalue weighted by Gasteiger charge is -1.94. The molecule has 0 aliphatic heterocycles. The maximum absolute atomic E-state index is 10.3. The van der Waals surface area contributed by atoms with Crippen LogP contribution in [-0.2, 0) is 9.59 Å². The van der Waals surface area contributed by atoms with Crippen molar-refractivity contribution in [2.45, 2.75) is 13.8 Å². The summed E-state index contributed by atoms with van der Waals surface area (Å²) >= 11 is 0. The molecule has 8 nitrogen and oxygen atoms in total. The minimum absolute atomic E-state index is 0.0833. The zero-order valence-electron chi connectivity index (χ0n) is 13.1. The third-order valence-corrected chi connectivity index (χ3v) is 2.11. The van der Waals surface area contributed by atoms with Crippen LogP contribution < -0.4 is 0 Å². The van der Waals surface area contributed by atoms with Gasteiger partial charge in [-0.1, -0.05) is 13.2 Å². The van der Waals surface area contributed by atoms with Crippen LogP contribution in [0.1, 0.15) is 34.6 Å². The van der Waals surface area contributed by atoms with E-state index in [1.807, 2.05) is 0 Å². The number of carbonyl (C=O) groups is 4. The van der Waals surface area contributed by atoms with E-state index in [4.69, 9.17) is 20.4 Å². The van der Waals surface area contributed by atoms with Crippen LogP contribution >= 0.6 is 0 Å². The van der Waals surface area contributed by atoms with Gasteiger partial charge in [-0.05, 0) is 38.1 Å². The van der Waals surface area contributed by atoms with E-state index < -0.39 is 23.9 Å². The largest absolute Gasteiger partial charge is 0.478 e. The minimum atomic E-state index is -1.06. The molecule has 0 atom stereocenters. The molecule has 0 fully saturated rings. The van der Waals surface area contributed by atoms with Crippen molar-refractivity contribution in [3.63, 3.8) is 0 Å². The van der Waals surface area contributed by atoms with Crippen LogP contribution in [0.3, 0.4) is 0 Å². The Hall–Kier alpha value is -3.42. The average Bonchev–Trinajstić information content (AvgIpc) is 2.48. The Balaban J connectivity index is 0. The van der Waals surface area contributed by atoms with Gasteiger partial charge in [0.2, 0.25) is 0 Å². The average molecular weight is 338 g/mol. The van der Waals surface area contributed by atoms with Gasteiger partial charge in [-0.15, -0.1) is 0 Å². The molecule has 1 aromatic carbocycles. The Kier molecular flexibility index (Phi) is 10.7. The summed E-state index contributed by atoms with van der Waals surface area (Å²) < 4.78 is 0. The fourth-order valence-electron chi connectivity index (χ4n) is 0.755. The molecule has 0 radical (unpaired) electrons. The van der Waals surface area contributed by atoms with Gasteiger partial charge >= 0.3 is 23.9 Å². The van der Waals surface area contributed by atoms with Crippen molar-refractivity contribution in [3.05, 3.63) is 59.7 Å². The lowest BCUT2D eigenvalue weighted by Crippen LogP contribution is -1.99. The van der Waals surface area contributed by atoms with Gasteiger partial charge in [0.1, 0.15) is 0 Å². The molecule has 0 spiro atoms. The fraction of sp³-hybridized carbons (Fsp3) is 0.125. The molecule has 1 aromatic rings. The van der Waals surface area contributed by atoms with Gasteiger partial charge in [0, 0.05) is 11.1 Å². The molecule has 130 valence electrons. The van der Waals surface area contributed by atoms with Gasteiger partial charge < -0.3 is 20.4 Å². The van der Waals surface area contributed by atoms with Gasteiger partial charge in [0.15, 0.2) is 0 Å². The lowest BCUT2D eigenvalue weighted by molar-refractivity contribution is -0.133. The minimum Gasteiger partial charge on any atom is -0.478 e. The third-order valence-electron chi connectivity index (χ3n) is 2.11. The molecule has 0 unspecified atom stereocenters. The number of benzene rings is 1. The molecule has 8 heteroatoms. The number of carboxylic acids is 4. The molecule has 1 rings (SSSR count). The van der Waals surface area contributed by atoms with Gasteiger partial charge in [0.05, 0.1) is 11.1 Å². The first-order valence-electron chi connectivity index (χ1n) is 6.24. The molecule has 24 heavy (non-hydrogen) atoms. The summed E-state index contributed by atoms with van der Waals surface area (Å²) in [5.41, 5.74) is 0.519. The van der Waals surface area contributed by atoms with E-state index in [9.17, 15) is 19.2 Å². The topological polar surface area (TPSA) is 149 Å². The van der Waals surface area contributed by atoms with E-state index in [2.05, 4.69) is 13.2 Å². The summed E-state index contributed by atoms with van der Waals surface area (Å²) in [7, 11) is 0. The zero-order chi connectivity index (χ0) is 19.4. The van der Waals surface area contributed by atoms with Crippen LogP contribution in [0.5, 0.6) is 0 Å². The highest BCUT2D eigenvalue weighted by molar-refractivity contribution is 5.91. The number of aliphatic carboxylic acids is 2. The fourth-order valence-corrected chi connectivity index (χ4v) is 0.755. The van der Waals surface area contributed by atoms with E-state index in [-0.39, 0.29) is 22.3 Å². The van der Waals surface area contributed by atoms with Crippen molar-refractivity contribution >= 4 is 23.9 Å². The molecular formula is C16H18O8. The smallest absolute Gasteiger partial charge is 0.335 e. The second-order valence-corrected chi connectivity index (χ2v) is 4.36. The molecule has 0 bridgehead atoms. The third kappa shape index (κ3) is 11.3. The van der Waals surface area contributed by atoms with Crippen LogP contribution in [0, 0.1) is 0 Å². The summed E-state index contributed by atoms with van der Waals surface area (Å²) in [6, 6.07) is 5.02. The first-order chi connectivity index (χ1) is 10.9. The Bertz CT molecular complexity index is 560. The van der Waals surface area contributed by atoms with Gasteiger partial charge in [-0.3, -0.25) is 0 Å². The number of hydrogen-bond acceptors (Lipinski definition) is 4. The number of aromatic carboxylic acids is 2. The Labute approximate surface area is 138 Å². The summed E-state index contributed by atoms with van der Waals surface area (Å²) in [6.45, 7) is 9.20. The monoisotopic (exact) mass is 338 g/mol. The second-order valence-electron chi connectivity index (χ2n) is 4.36. The van der Waals surface area contributed by atoms with Crippen molar-refractivity contribution in [3.8, 4) is 0 Å². The van der Waals surface area contributed by atoms with E-state index in [1.165, 1.54) is 38.1 Å². The summed E-state index contributed by atoms with van der Waals surface area (Å²) in [4.78, 5) is 39.9. The van der Waals surface area contributed by atoms with Crippen molar-refractivity contribution in [2.75, 3.05) is 0 Å². The highest BCUT2D eigenvalue weighted by atomic mass is 16.4. The van der Waals surface area contributed by atoms with Gasteiger partial charge in [0.25, 0.3) is 0 Å². The second kappa shape index (κ2) is 11.2. The molecule has 4 N–H and O–H groups in total. The molecule has 0 heterocycles. The van der Waals surface area contributed by atoms with E-state index in [0.717, 1.165) is 0 Å². The Morgan fingerprint density at radius 2 is 0.833 bits per heavy atom. The molecule has 0 aliphatic carbocycles. The molecule has 0 saturated carbocycles. The van der Waals surface area contributed by atoms with Crippen molar-refractivity contribution in [2.24, 2.45) is 0 Å². The first-order valence-corrected chi connectivity index (χ1v) is 6.24. The maximum Gasteiger partial charge on any atom is 0.335 e. The van der Waals surface area contributed by atoms with Crippen LogP contribution in [0.4, 0.5) is 0 Å². The maximum atomic E-state index is 10.3. The van der Waals surface area contributed by atoms with E-state index >= 15 is 0 Å². The quantitative estimate of drug-likeness (QED) is 0.611. The standard InChI is InChI=1S/C8H6O4.2C4H6O2/c9-7(10)5-1-2-6(4-3-5)8(11)12;2*1-3(2)4(5)6/h1-4H,(H,9,10)(H,11,12);2*1H2,2H3,(H,5,6). The van der Waals surface area contributed by atoms with Crippen LogP contribution in [-0.4, -0.2) is 44.3 Å². The first kappa shape index (κ1) is 22.9. The SMILES string of the molecule is C=C(C)C(=O)O.C=C(C)C(=O)O.O=C(O)c1ccc(C(=O)O)cc1. The number of hydrogen-bond donors (Lipinski definition) is 4. The summed E-state index contributed by atoms with van der Waals surface area (Å²) in [6.07, 6.45) is 0. The van der Waals surface area contributed by atoms with Crippen LogP contribution in [0.25, 0.3) is 0 Å². The summed E-state index contributed by atoms with van der Waals surface area (Å²) in [5, 5.41) is 32.7. The predicted octanol–water partition coefficient (Wildman–Crippen LogP) is 2.38. The van der Waals surface area contributed by atoms with Crippen molar-refractivity contribution in [1.29, 1.82) is 0 Å². The van der Waals surface area contributed by atoms with Crippen molar-refractivity contribution < 1.29 is 39.6 Å². The Morgan fingerprint density at radius 3 is 0.917 bits per heavy atom.